The summed E-state index contributed by atoms with van der Waals surface area (Å²) < 4.78 is 5.18. The van der Waals surface area contributed by atoms with Gasteiger partial charge in [0.25, 0.3) is 5.91 Å². The van der Waals surface area contributed by atoms with Crippen LogP contribution in [0.2, 0.25) is 0 Å². The second-order valence-electron chi connectivity index (χ2n) is 7.80. The van der Waals surface area contributed by atoms with Crippen molar-refractivity contribution in [3.05, 3.63) is 101 Å². The van der Waals surface area contributed by atoms with Gasteiger partial charge in [-0.3, -0.25) is 9.59 Å². The van der Waals surface area contributed by atoms with Crippen LogP contribution in [0.15, 0.2) is 78.9 Å². The zero-order valence-corrected chi connectivity index (χ0v) is 19.0. The highest BCUT2D eigenvalue weighted by Crippen LogP contribution is 2.39. The highest BCUT2D eigenvalue weighted by molar-refractivity contribution is 8.00. The molecule has 0 aromatic heterocycles. The van der Waals surface area contributed by atoms with E-state index in [0.717, 1.165) is 22.4 Å². The molecule has 0 saturated carbocycles. The number of nitrogens with zero attached hydrogens (tertiary/aromatic N) is 2. The lowest BCUT2D eigenvalue weighted by Gasteiger charge is -2.24. The van der Waals surface area contributed by atoms with Crippen LogP contribution < -0.4 is 4.74 Å². The molecule has 2 amide bonds. The molecular weight excluding hydrogens is 420 g/mol. The third-order valence-electron chi connectivity index (χ3n) is 5.53. The smallest absolute Gasteiger partial charge is 0.253 e. The topological polar surface area (TPSA) is 49.9 Å². The minimum absolute atomic E-state index is 0.0381. The summed E-state index contributed by atoms with van der Waals surface area (Å²) >= 11 is 1.63. The summed E-state index contributed by atoms with van der Waals surface area (Å²) in [7, 11) is 3.43. The molecule has 164 valence electrons. The van der Waals surface area contributed by atoms with Crippen LogP contribution in [0.5, 0.6) is 5.75 Å². The maximum Gasteiger partial charge on any atom is 0.253 e. The van der Waals surface area contributed by atoms with Gasteiger partial charge in [-0.1, -0.05) is 54.6 Å². The molecule has 0 spiro atoms. The predicted octanol–water partition coefficient (Wildman–Crippen LogP) is 4.74. The SMILES string of the molecule is COc1ccc(CN(C)C(=O)c2ccc([C@@H]3SCC(=O)N3Cc3ccccc3)cc2)cc1. The largest absolute Gasteiger partial charge is 0.497 e. The van der Waals surface area contributed by atoms with Gasteiger partial charge in [0, 0.05) is 25.7 Å². The molecule has 1 saturated heterocycles. The summed E-state index contributed by atoms with van der Waals surface area (Å²) in [5.74, 6) is 1.37. The second-order valence-corrected chi connectivity index (χ2v) is 8.87. The number of thioether (sulfide) groups is 1. The highest BCUT2D eigenvalue weighted by Gasteiger charge is 2.32. The Morgan fingerprint density at radius 2 is 1.69 bits per heavy atom. The Morgan fingerprint density at radius 1 is 1.00 bits per heavy atom. The van der Waals surface area contributed by atoms with Crippen LogP contribution in [0.4, 0.5) is 0 Å². The van der Waals surface area contributed by atoms with Crippen molar-refractivity contribution in [2.75, 3.05) is 19.9 Å². The number of hydrogen-bond donors (Lipinski definition) is 0. The fourth-order valence-electron chi connectivity index (χ4n) is 3.77. The van der Waals surface area contributed by atoms with E-state index in [2.05, 4.69) is 0 Å². The molecule has 5 nitrogen and oxygen atoms in total. The maximum absolute atomic E-state index is 12.9. The van der Waals surface area contributed by atoms with Crippen LogP contribution in [-0.2, 0) is 17.9 Å². The Hall–Kier alpha value is -3.25. The van der Waals surface area contributed by atoms with E-state index in [1.54, 1.807) is 30.8 Å². The number of amides is 2. The highest BCUT2D eigenvalue weighted by atomic mass is 32.2. The Kier molecular flexibility index (Phi) is 6.81. The van der Waals surface area contributed by atoms with Crippen molar-refractivity contribution in [3.63, 3.8) is 0 Å². The van der Waals surface area contributed by atoms with Crippen molar-refractivity contribution in [2.24, 2.45) is 0 Å². The van der Waals surface area contributed by atoms with Crippen molar-refractivity contribution < 1.29 is 14.3 Å². The molecule has 0 bridgehead atoms. The van der Waals surface area contributed by atoms with E-state index in [9.17, 15) is 9.59 Å². The predicted molar refractivity (Wildman–Crippen MR) is 127 cm³/mol. The fourth-order valence-corrected chi connectivity index (χ4v) is 4.96. The first-order valence-corrected chi connectivity index (χ1v) is 11.5. The fraction of sp³-hybridized carbons (Fsp3) is 0.231. The molecule has 1 heterocycles. The van der Waals surface area contributed by atoms with Gasteiger partial charge in [0.05, 0.1) is 12.9 Å². The minimum atomic E-state index is -0.0383. The molecular formula is C26H26N2O3S. The van der Waals surface area contributed by atoms with Gasteiger partial charge < -0.3 is 14.5 Å². The van der Waals surface area contributed by atoms with Crippen molar-refractivity contribution >= 4 is 23.6 Å². The van der Waals surface area contributed by atoms with Gasteiger partial charge >= 0.3 is 0 Å². The van der Waals surface area contributed by atoms with Crippen LogP contribution in [0.3, 0.4) is 0 Å². The van der Waals surface area contributed by atoms with E-state index < -0.39 is 0 Å². The minimum Gasteiger partial charge on any atom is -0.497 e. The van der Waals surface area contributed by atoms with Gasteiger partial charge in [0.1, 0.15) is 11.1 Å². The average molecular weight is 447 g/mol. The Labute approximate surface area is 193 Å². The van der Waals surface area contributed by atoms with Gasteiger partial charge in [-0.25, -0.2) is 0 Å². The number of benzene rings is 3. The Bertz CT molecular complexity index is 1070. The zero-order valence-electron chi connectivity index (χ0n) is 18.2. The van der Waals surface area contributed by atoms with Crippen molar-refractivity contribution in [2.45, 2.75) is 18.5 Å². The van der Waals surface area contributed by atoms with E-state index in [-0.39, 0.29) is 17.2 Å². The number of carbonyl (C=O) groups is 2. The number of carbonyl (C=O) groups excluding carboxylic acids is 2. The molecule has 4 rings (SSSR count). The van der Waals surface area contributed by atoms with E-state index in [1.165, 1.54) is 0 Å². The van der Waals surface area contributed by atoms with Gasteiger partial charge in [-0.2, -0.15) is 0 Å². The van der Waals surface area contributed by atoms with Gasteiger partial charge in [-0.15, -0.1) is 11.8 Å². The first-order valence-electron chi connectivity index (χ1n) is 10.5. The molecule has 3 aromatic carbocycles. The molecule has 0 unspecified atom stereocenters. The number of rotatable bonds is 7. The third kappa shape index (κ3) is 4.97. The van der Waals surface area contributed by atoms with Crippen LogP contribution in [0, 0.1) is 0 Å². The van der Waals surface area contributed by atoms with E-state index in [4.69, 9.17) is 4.74 Å². The quantitative estimate of drug-likeness (QED) is 0.526. The molecule has 6 heteroatoms. The van der Waals surface area contributed by atoms with E-state index >= 15 is 0 Å². The van der Waals surface area contributed by atoms with Gasteiger partial charge in [0.2, 0.25) is 5.91 Å². The first kappa shape index (κ1) is 22.0. The number of hydrogen-bond acceptors (Lipinski definition) is 4. The van der Waals surface area contributed by atoms with Crippen molar-refractivity contribution in [1.29, 1.82) is 0 Å². The number of methoxy groups -OCH3 is 1. The van der Waals surface area contributed by atoms with Crippen molar-refractivity contribution in [3.8, 4) is 5.75 Å². The molecule has 0 N–H and O–H groups in total. The van der Waals surface area contributed by atoms with E-state index in [1.807, 2.05) is 83.8 Å². The summed E-state index contributed by atoms with van der Waals surface area (Å²) in [5.41, 5.74) is 3.82. The molecule has 1 aliphatic heterocycles. The summed E-state index contributed by atoms with van der Waals surface area (Å²) in [6, 6.07) is 25.4. The van der Waals surface area contributed by atoms with Crippen molar-refractivity contribution in [1.82, 2.24) is 9.80 Å². The van der Waals surface area contributed by atoms with E-state index in [0.29, 0.717) is 24.4 Å². The molecule has 0 aliphatic carbocycles. The molecule has 1 atom stereocenters. The van der Waals surface area contributed by atoms with Crippen LogP contribution in [-0.4, -0.2) is 41.5 Å². The molecule has 1 fully saturated rings. The molecule has 1 aliphatic rings. The lowest BCUT2D eigenvalue weighted by Crippen LogP contribution is -2.28. The summed E-state index contributed by atoms with van der Waals surface area (Å²) in [5, 5.41) is -0.0381. The Balaban J connectivity index is 1.43. The van der Waals surface area contributed by atoms with Gasteiger partial charge in [0.15, 0.2) is 0 Å². The van der Waals surface area contributed by atoms with Gasteiger partial charge in [-0.05, 0) is 41.0 Å². The first-order chi connectivity index (χ1) is 15.5. The zero-order chi connectivity index (χ0) is 22.5. The monoisotopic (exact) mass is 446 g/mol. The summed E-state index contributed by atoms with van der Waals surface area (Å²) in [6.45, 7) is 1.10. The molecule has 3 aromatic rings. The summed E-state index contributed by atoms with van der Waals surface area (Å²) in [4.78, 5) is 29.0. The summed E-state index contributed by atoms with van der Waals surface area (Å²) in [6.07, 6.45) is 0. The molecule has 32 heavy (non-hydrogen) atoms. The molecule has 0 radical (unpaired) electrons. The third-order valence-corrected chi connectivity index (χ3v) is 6.79. The second kappa shape index (κ2) is 9.92. The lowest BCUT2D eigenvalue weighted by atomic mass is 10.1. The maximum atomic E-state index is 12.9. The average Bonchev–Trinajstić information content (AvgIpc) is 3.19. The number of ether oxygens (including phenoxy) is 1. The van der Waals surface area contributed by atoms with Crippen LogP contribution >= 0.6 is 11.8 Å². The normalized spacial score (nSPS) is 15.6. The Morgan fingerprint density at radius 3 is 2.34 bits per heavy atom. The van der Waals surface area contributed by atoms with Crippen LogP contribution in [0.25, 0.3) is 0 Å². The van der Waals surface area contributed by atoms with Crippen LogP contribution in [0.1, 0.15) is 32.4 Å². The lowest BCUT2D eigenvalue weighted by molar-refractivity contribution is -0.128. The standard InChI is InChI=1S/C26H26N2O3S/c1-27(16-20-8-14-23(31-2)15-9-20)25(30)21-10-12-22(13-11-21)26-28(24(29)18-32-26)17-19-6-4-3-5-7-19/h3-15,26H,16-18H2,1-2H3/t26-/m0/s1.